The van der Waals surface area contributed by atoms with Crippen LogP contribution in [0.5, 0.6) is 5.75 Å². The van der Waals surface area contributed by atoms with Crippen LogP contribution in [0, 0.1) is 5.92 Å². The standard InChI is InChI=1S/C14H19Cl2NO2.ClH/c15-9-6-10(16)12(11(18)7-9)13(17)14(19)8-4-2-1-3-5-8;/h6-8,13-14,18-19H,1-5,17H2;1H/t13-,14+;/m1./s1. The summed E-state index contributed by atoms with van der Waals surface area (Å²) >= 11 is 11.9. The van der Waals surface area contributed by atoms with E-state index in [1.807, 2.05) is 0 Å². The molecule has 0 aromatic heterocycles. The quantitative estimate of drug-likeness (QED) is 0.777. The molecule has 3 nitrogen and oxygen atoms in total. The van der Waals surface area contributed by atoms with Gasteiger partial charge in [0.15, 0.2) is 0 Å². The highest BCUT2D eigenvalue weighted by Gasteiger charge is 2.30. The van der Waals surface area contributed by atoms with Crippen LogP contribution in [0.2, 0.25) is 10.0 Å². The first-order valence-corrected chi connectivity index (χ1v) is 7.38. The smallest absolute Gasteiger partial charge is 0.123 e. The summed E-state index contributed by atoms with van der Waals surface area (Å²) < 4.78 is 0. The maximum atomic E-state index is 10.4. The van der Waals surface area contributed by atoms with Crippen molar-refractivity contribution in [2.24, 2.45) is 11.7 Å². The second-order valence-electron chi connectivity index (χ2n) is 5.23. The Bertz CT molecular complexity index is 427. The minimum absolute atomic E-state index is 0. The zero-order valence-electron chi connectivity index (χ0n) is 11.1. The lowest BCUT2D eigenvalue weighted by molar-refractivity contribution is 0.0611. The molecule has 1 aromatic rings. The number of halogens is 3. The molecule has 1 aromatic carbocycles. The minimum Gasteiger partial charge on any atom is -0.507 e. The molecule has 1 fully saturated rings. The van der Waals surface area contributed by atoms with Gasteiger partial charge < -0.3 is 15.9 Å². The number of hydrogen-bond donors (Lipinski definition) is 3. The monoisotopic (exact) mass is 339 g/mol. The van der Waals surface area contributed by atoms with E-state index in [4.69, 9.17) is 28.9 Å². The predicted molar refractivity (Wildman–Crippen MR) is 84.9 cm³/mol. The molecule has 114 valence electrons. The van der Waals surface area contributed by atoms with Crippen LogP contribution >= 0.6 is 35.6 Å². The van der Waals surface area contributed by atoms with Crippen molar-refractivity contribution in [1.29, 1.82) is 0 Å². The average Bonchev–Trinajstić information content (AvgIpc) is 2.37. The van der Waals surface area contributed by atoms with Gasteiger partial charge >= 0.3 is 0 Å². The Labute approximate surface area is 135 Å². The Hall–Kier alpha value is -0.190. The first kappa shape index (κ1) is 17.9. The fraction of sp³-hybridized carbons (Fsp3) is 0.571. The SMILES string of the molecule is Cl.N[C@H](c1c(O)cc(Cl)cc1Cl)[C@@H](O)C1CCCCC1. The van der Waals surface area contributed by atoms with E-state index in [0.29, 0.717) is 15.6 Å². The summed E-state index contributed by atoms with van der Waals surface area (Å²) in [7, 11) is 0. The molecular formula is C14H20Cl3NO2. The van der Waals surface area contributed by atoms with Gasteiger partial charge in [0.25, 0.3) is 0 Å². The topological polar surface area (TPSA) is 66.5 Å². The van der Waals surface area contributed by atoms with Gasteiger partial charge in [-0.2, -0.15) is 0 Å². The Kier molecular flexibility index (Phi) is 6.89. The minimum atomic E-state index is -0.690. The van der Waals surface area contributed by atoms with E-state index in [9.17, 15) is 10.2 Å². The van der Waals surface area contributed by atoms with Crippen molar-refractivity contribution in [2.75, 3.05) is 0 Å². The fourth-order valence-electron chi connectivity index (χ4n) is 2.84. The zero-order valence-corrected chi connectivity index (χ0v) is 13.4. The summed E-state index contributed by atoms with van der Waals surface area (Å²) in [5, 5.41) is 21.0. The molecule has 0 bridgehead atoms. The van der Waals surface area contributed by atoms with Crippen molar-refractivity contribution in [2.45, 2.75) is 44.2 Å². The van der Waals surface area contributed by atoms with Crippen molar-refractivity contribution in [3.63, 3.8) is 0 Å². The Balaban J connectivity index is 0.00000200. The molecule has 0 unspecified atom stereocenters. The van der Waals surface area contributed by atoms with Crippen LogP contribution in [0.25, 0.3) is 0 Å². The lowest BCUT2D eigenvalue weighted by Gasteiger charge is -2.31. The highest BCUT2D eigenvalue weighted by Crippen LogP contribution is 2.38. The van der Waals surface area contributed by atoms with Gasteiger partial charge in [0.2, 0.25) is 0 Å². The van der Waals surface area contributed by atoms with Crippen molar-refractivity contribution in [1.82, 2.24) is 0 Å². The Morgan fingerprint density at radius 3 is 2.30 bits per heavy atom. The van der Waals surface area contributed by atoms with Crippen LogP contribution in [0.1, 0.15) is 43.7 Å². The molecular weight excluding hydrogens is 321 g/mol. The largest absolute Gasteiger partial charge is 0.507 e. The third-order valence-corrected chi connectivity index (χ3v) is 4.44. The fourth-order valence-corrected chi connectivity index (χ4v) is 3.45. The van der Waals surface area contributed by atoms with Crippen LogP contribution in [0.15, 0.2) is 12.1 Å². The Morgan fingerprint density at radius 2 is 1.75 bits per heavy atom. The summed E-state index contributed by atoms with van der Waals surface area (Å²) in [6, 6.07) is 2.25. The number of phenols is 1. The molecule has 0 amide bonds. The Morgan fingerprint density at radius 1 is 1.15 bits per heavy atom. The molecule has 2 rings (SSSR count). The van der Waals surface area contributed by atoms with Gasteiger partial charge in [-0.1, -0.05) is 42.5 Å². The van der Waals surface area contributed by atoms with Crippen molar-refractivity contribution in [3.05, 3.63) is 27.7 Å². The molecule has 6 heteroatoms. The van der Waals surface area contributed by atoms with Gasteiger partial charge in [-0.3, -0.25) is 0 Å². The summed E-state index contributed by atoms with van der Waals surface area (Å²) in [4.78, 5) is 0. The van der Waals surface area contributed by atoms with Crippen LogP contribution in [-0.2, 0) is 0 Å². The second-order valence-corrected chi connectivity index (χ2v) is 6.08. The maximum absolute atomic E-state index is 10.4. The summed E-state index contributed by atoms with van der Waals surface area (Å²) in [5.41, 5.74) is 6.46. The third-order valence-electron chi connectivity index (χ3n) is 3.91. The van der Waals surface area contributed by atoms with Gasteiger partial charge in [0, 0.05) is 10.6 Å². The van der Waals surface area contributed by atoms with E-state index in [0.717, 1.165) is 25.7 Å². The molecule has 2 atom stereocenters. The summed E-state index contributed by atoms with van der Waals surface area (Å²) in [5.74, 6) is 0.120. The van der Waals surface area contributed by atoms with Crippen LogP contribution in [-0.4, -0.2) is 16.3 Å². The normalized spacial score (nSPS) is 19.2. The van der Waals surface area contributed by atoms with Gasteiger partial charge in [-0.05, 0) is 30.9 Å². The molecule has 1 aliphatic rings. The van der Waals surface area contributed by atoms with Crippen LogP contribution in [0.4, 0.5) is 0 Å². The van der Waals surface area contributed by atoms with Crippen LogP contribution in [0.3, 0.4) is 0 Å². The number of nitrogens with two attached hydrogens (primary N) is 1. The van der Waals surface area contributed by atoms with E-state index in [-0.39, 0.29) is 24.1 Å². The number of aliphatic hydroxyl groups is 1. The average molecular weight is 341 g/mol. The number of hydrogen-bond acceptors (Lipinski definition) is 3. The highest BCUT2D eigenvalue weighted by atomic mass is 35.5. The van der Waals surface area contributed by atoms with Crippen molar-refractivity contribution < 1.29 is 10.2 Å². The number of phenolic OH excluding ortho intramolecular Hbond substituents is 1. The highest BCUT2D eigenvalue weighted by molar-refractivity contribution is 6.35. The molecule has 0 saturated heterocycles. The van der Waals surface area contributed by atoms with E-state index in [2.05, 4.69) is 0 Å². The van der Waals surface area contributed by atoms with Crippen molar-refractivity contribution >= 4 is 35.6 Å². The van der Waals surface area contributed by atoms with Crippen molar-refractivity contribution in [3.8, 4) is 5.75 Å². The van der Waals surface area contributed by atoms with E-state index in [1.165, 1.54) is 18.6 Å². The molecule has 0 heterocycles. The number of aliphatic hydroxyl groups excluding tert-OH is 1. The predicted octanol–water partition coefficient (Wildman–Crippen LogP) is 4.06. The lowest BCUT2D eigenvalue weighted by atomic mass is 9.81. The van der Waals surface area contributed by atoms with E-state index < -0.39 is 12.1 Å². The lowest BCUT2D eigenvalue weighted by Crippen LogP contribution is -2.34. The molecule has 0 spiro atoms. The molecule has 20 heavy (non-hydrogen) atoms. The molecule has 1 saturated carbocycles. The van der Waals surface area contributed by atoms with Gasteiger partial charge in [0.05, 0.1) is 17.2 Å². The number of aromatic hydroxyl groups is 1. The van der Waals surface area contributed by atoms with Gasteiger partial charge in [0.1, 0.15) is 5.75 Å². The molecule has 0 radical (unpaired) electrons. The number of rotatable bonds is 3. The first-order chi connectivity index (χ1) is 9.00. The first-order valence-electron chi connectivity index (χ1n) is 6.62. The van der Waals surface area contributed by atoms with Gasteiger partial charge in [-0.25, -0.2) is 0 Å². The molecule has 0 aliphatic heterocycles. The van der Waals surface area contributed by atoms with E-state index >= 15 is 0 Å². The second kappa shape index (κ2) is 7.71. The summed E-state index contributed by atoms with van der Waals surface area (Å²) in [6.07, 6.45) is 4.71. The number of benzene rings is 1. The van der Waals surface area contributed by atoms with E-state index in [1.54, 1.807) is 0 Å². The zero-order chi connectivity index (χ0) is 14.0. The maximum Gasteiger partial charge on any atom is 0.123 e. The molecule has 1 aliphatic carbocycles. The molecule has 4 N–H and O–H groups in total. The third kappa shape index (κ3) is 3.92. The van der Waals surface area contributed by atoms with Crippen LogP contribution < -0.4 is 5.73 Å². The summed E-state index contributed by atoms with van der Waals surface area (Å²) in [6.45, 7) is 0. The van der Waals surface area contributed by atoms with Gasteiger partial charge in [-0.15, -0.1) is 12.4 Å².